The van der Waals surface area contributed by atoms with Crippen molar-refractivity contribution >= 4 is 69.8 Å². The molecular formula is C32H28Cl2N4O3S. The number of thiocarbonyl (C=S) groups is 1. The number of nitrogens with one attached hydrogen (secondary N) is 2. The summed E-state index contributed by atoms with van der Waals surface area (Å²) in [5, 5.41) is 6.95. The number of anilines is 2. The second-order valence-corrected chi connectivity index (χ2v) is 11.0. The van der Waals surface area contributed by atoms with Crippen LogP contribution in [0.15, 0.2) is 89.4 Å². The molecule has 0 atom stereocenters. The number of amides is 2. The SMILES string of the molecule is Cc1ccc(-c2ccc(/C=C/C(=O)NC(=S)Nc3ccc(N4CCN(C(=O)c5ccccc5)CC4)c(Cl)c3)o2)cc1Cl. The number of carbonyl (C=O) groups is 2. The van der Waals surface area contributed by atoms with Crippen LogP contribution < -0.4 is 15.5 Å². The fraction of sp³-hybridized carbons (Fsp3) is 0.156. The van der Waals surface area contributed by atoms with E-state index in [0.29, 0.717) is 59.0 Å². The number of benzene rings is 3. The van der Waals surface area contributed by atoms with Gasteiger partial charge in [-0.1, -0.05) is 53.5 Å². The minimum absolute atomic E-state index is 0.0350. The maximum Gasteiger partial charge on any atom is 0.253 e. The minimum Gasteiger partial charge on any atom is -0.457 e. The standard InChI is InChI=1S/C32H28Cl2N4O3S/c1-21-7-8-23(19-26(21)33)29-13-10-25(41-29)11-14-30(39)36-32(42)35-24-9-12-28(27(34)20-24)37-15-17-38(18-16-37)31(40)22-5-3-2-4-6-22/h2-14,19-20H,15-18H2,1H3,(H2,35,36,39,42)/b14-11+. The number of hydrogen-bond acceptors (Lipinski definition) is 5. The predicted octanol–water partition coefficient (Wildman–Crippen LogP) is 7.05. The van der Waals surface area contributed by atoms with E-state index in [2.05, 4.69) is 15.5 Å². The normalized spacial score (nSPS) is 13.3. The molecule has 0 radical (unpaired) electrons. The van der Waals surface area contributed by atoms with Gasteiger partial charge in [-0.2, -0.15) is 0 Å². The van der Waals surface area contributed by atoms with Crippen LogP contribution in [0, 0.1) is 6.92 Å². The minimum atomic E-state index is -0.408. The fourth-order valence-corrected chi connectivity index (χ4v) is 5.27. The Balaban J connectivity index is 1.11. The van der Waals surface area contributed by atoms with E-state index in [1.165, 1.54) is 6.08 Å². The molecule has 2 N–H and O–H groups in total. The molecule has 1 aliphatic heterocycles. The van der Waals surface area contributed by atoms with E-state index in [9.17, 15) is 9.59 Å². The van der Waals surface area contributed by atoms with Crippen molar-refractivity contribution in [3.05, 3.63) is 112 Å². The van der Waals surface area contributed by atoms with E-state index in [0.717, 1.165) is 16.8 Å². The van der Waals surface area contributed by atoms with Gasteiger partial charge in [0.2, 0.25) is 5.91 Å². The molecule has 0 bridgehead atoms. The number of nitrogens with zero attached hydrogens (tertiary/aromatic N) is 2. The molecule has 3 aromatic carbocycles. The van der Waals surface area contributed by atoms with Crippen molar-refractivity contribution in [2.75, 3.05) is 36.4 Å². The molecule has 10 heteroatoms. The van der Waals surface area contributed by atoms with Crippen LogP contribution >= 0.6 is 35.4 Å². The summed E-state index contributed by atoms with van der Waals surface area (Å²) in [6.07, 6.45) is 2.91. The van der Waals surface area contributed by atoms with Crippen molar-refractivity contribution in [1.29, 1.82) is 0 Å². The van der Waals surface area contributed by atoms with Crippen LogP contribution in [-0.2, 0) is 4.79 Å². The van der Waals surface area contributed by atoms with Crippen LogP contribution in [0.1, 0.15) is 21.7 Å². The van der Waals surface area contributed by atoms with E-state index in [-0.39, 0.29) is 11.0 Å². The molecule has 2 heterocycles. The van der Waals surface area contributed by atoms with Gasteiger partial charge in [0.1, 0.15) is 11.5 Å². The van der Waals surface area contributed by atoms with Gasteiger partial charge in [0.15, 0.2) is 5.11 Å². The summed E-state index contributed by atoms with van der Waals surface area (Å²) in [4.78, 5) is 29.2. The number of carbonyl (C=O) groups excluding carboxylic acids is 2. The lowest BCUT2D eigenvalue weighted by molar-refractivity contribution is -0.115. The van der Waals surface area contributed by atoms with Gasteiger partial charge in [-0.05, 0) is 79.3 Å². The van der Waals surface area contributed by atoms with Crippen molar-refractivity contribution in [2.24, 2.45) is 0 Å². The molecule has 1 saturated heterocycles. The Bertz CT molecular complexity index is 1650. The first kappa shape index (κ1) is 29.4. The van der Waals surface area contributed by atoms with Gasteiger partial charge in [-0.15, -0.1) is 0 Å². The zero-order valence-electron chi connectivity index (χ0n) is 22.8. The highest BCUT2D eigenvalue weighted by molar-refractivity contribution is 7.80. The highest BCUT2D eigenvalue weighted by atomic mass is 35.5. The number of rotatable bonds is 6. The van der Waals surface area contributed by atoms with Crippen molar-refractivity contribution in [3.63, 3.8) is 0 Å². The lowest BCUT2D eigenvalue weighted by Gasteiger charge is -2.36. The smallest absolute Gasteiger partial charge is 0.253 e. The molecule has 7 nitrogen and oxygen atoms in total. The zero-order chi connectivity index (χ0) is 29.6. The molecule has 1 aromatic heterocycles. The van der Waals surface area contributed by atoms with Gasteiger partial charge >= 0.3 is 0 Å². The second kappa shape index (κ2) is 13.2. The Morgan fingerprint density at radius 2 is 1.67 bits per heavy atom. The number of halogens is 2. The van der Waals surface area contributed by atoms with Gasteiger partial charge in [-0.3, -0.25) is 14.9 Å². The molecule has 5 rings (SSSR count). The summed E-state index contributed by atoms with van der Waals surface area (Å²) >= 11 is 18.1. The molecule has 0 saturated carbocycles. The molecule has 1 fully saturated rings. The van der Waals surface area contributed by atoms with E-state index >= 15 is 0 Å². The summed E-state index contributed by atoms with van der Waals surface area (Å²) in [6.45, 7) is 4.48. The van der Waals surface area contributed by atoms with Gasteiger partial charge in [0.25, 0.3) is 5.91 Å². The van der Waals surface area contributed by atoms with Crippen LogP contribution in [0.5, 0.6) is 0 Å². The van der Waals surface area contributed by atoms with Crippen molar-refractivity contribution in [3.8, 4) is 11.3 Å². The average Bonchev–Trinajstić information content (AvgIpc) is 3.47. The first-order chi connectivity index (χ1) is 20.3. The monoisotopic (exact) mass is 618 g/mol. The van der Waals surface area contributed by atoms with Gasteiger partial charge in [0.05, 0.1) is 10.7 Å². The highest BCUT2D eigenvalue weighted by Crippen LogP contribution is 2.30. The Hall–Kier alpha value is -4.11. The molecule has 1 aliphatic rings. The lowest BCUT2D eigenvalue weighted by Crippen LogP contribution is -2.48. The molecule has 4 aromatic rings. The van der Waals surface area contributed by atoms with Crippen LogP contribution in [0.25, 0.3) is 17.4 Å². The zero-order valence-corrected chi connectivity index (χ0v) is 25.1. The summed E-state index contributed by atoms with van der Waals surface area (Å²) < 4.78 is 5.82. The molecule has 214 valence electrons. The second-order valence-electron chi connectivity index (χ2n) is 9.75. The Morgan fingerprint density at radius 3 is 2.38 bits per heavy atom. The number of hydrogen-bond donors (Lipinski definition) is 2. The molecule has 0 aliphatic carbocycles. The van der Waals surface area contributed by atoms with Gasteiger partial charge < -0.3 is 19.5 Å². The fourth-order valence-electron chi connectivity index (χ4n) is 4.57. The van der Waals surface area contributed by atoms with E-state index in [1.54, 1.807) is 18.2 Å². The highest BCUT2D eigenvalue weighted by Gasteiger charge is 2.23. The lowest BCUT2D eigenvalue weighted by atomic mass is 10.1. The third-order valence-corrected chi connectivity index (χ3v) is 7.77. The quantitative estimate of drug-likeness (QED) is 0.178. The van der Waals surface area contributed by atoms with Crippen molar-refractivity contribution in [1.82, 2.24) is 10.2 Å². The maximum atomic E-state index is 12.7. The van der Waals surface area contributed by atoms with E-state index in [1.807, 2.05) is 78.6 Å². The third kappa shape index (κ3) is 7.20. The molecule has 0 unspecified atom stereocenters. The number of aryl methyl sites for hydroxylation is 1. The van der Waals surface area contributed by atoms with Crippen molar-refractivity contribution in [2.45, 2.75) is 6.92 Å². The van der Waals surface area contributed by atoms with E-state index < -0.39 is 5.91 Å². The Kier molecular flexibility index (Phi) is 9.27. The summed E-state index contributed by atoms with van der Waals surface area (Å²) in [7, 11) is 0. The van der Waals surface area contributed by atoms with Gasteiger partial charge in [-0.25, -0.2) is 0 Å². The van der Waals surface area contributed by atoms with Crippen molar-refractivity contribution < 1.29 is 14.0 Å². The Morgan fingerprint density at radius 1 is 0.905 bits per heavy atom. The maximum absolute atomic E-state index is 12.7. The van der Waals surface area contributed by atoms with E-state index in [4.69, 9.17) is 39.8 Å². The summed E-state index contributed by atoms with van der Waals surface area (Å²) in [5.41, 5.74) is 4.04. The third-order valence-electron chi connectivity index (χ3n) is 6.85. The summed E-state index contributed by atoms with van der Waals surface area (Å²) in [6, 6.07) is 24.1. The number of furan rings is 1. The predicted molar refractivity (Wildman–Crippen MR) is 173 cm³/mol. The molecule has 0 spiro atoms. The summed E-state index contributed by atoms with van der Waals surface area (Å²) in [5.74, 6) is 0.794. The van der Waals surface area contributed by atoms with Crippen LogP contribution in [0.2, 0.25) is 10.0 Å². The topological polar surface area (TPSA) is 77.8 Å². The first-order valence-corrected chi connectivity index (χ1v) is 14.5. The first-order valence-electron chi connectivity index (χ1n) is 13.3. The van der Waals surface area contributed by atoms with Crippen LogP contribution in [0.4, 0.5) is 11.4 Å². The number of piperazine rings is 1. The average molecular weight is 620 g/mol. The molecular weight excluding hydrogens is 591 g/mol. The molecule has 42 heavy (non-hydrogen) atoms. The molecule has 2 amide bonds. The Labute approximate surface area is 259 Å². The van der Waals surface area contributed by atoms with Crippen LogP contribution in [-0.4, -0.2) is 48.0 Å². The van der Waals surface area contributed by atoms with Gasteiger partial charge in [0, 0.05) is 54.1 Å². The van der Waals surface area contributed by atoms with Crippen LogP contribution in [0.3, 0.4) is 0 Å². The largest absolute Gasteiger partial charge is 0.457 e.